The summed E-state index contributed by atoms with van der Waals surface area (Å²) in [6.07, 6.45) is 5.66. The number of carbonyl (C=O) groups is 1. The molecule has 1 aromatic heterocycles. The molecule has 1 amide bonds. The summed E-state index contributed by atoms with van der Waals surface area (Å²) in [5, 5.41) is 6.12. The van der Waals surface area contributed by atoms with E-state index in [0.29, 0.717) is 6.54 Å². The Labute approximate surface area is 131 Å². The van der Waals surface area contributed by atoms with Crippen molar-refractivity contribution in [2.75, 3.05) is 31.1 Å². The smallest absolute Gasteiger partial charge is 0.225 e. The zero-order chi connectivity index (χ0) is 13.8. The molecule has 0 spiro atoms. The van der Waals surface area contributed by atoms with E-state index in [1.807, 2.05) is 12.3 Å². The number of anilines is 1. The molecule has 3 heterocycles. The van der Waals surface area contributed by atoms with Gasteiger partial charge in [-0.05, 0) is 37.0 Å². The Bertz CT molecular complexity index is 472. The molecule has 3 rings (SSSR count). The zero-order valence-corrected chi connectivity index (χ0v) is 13.0. The first-order chi connectivity index (χ1) is 9.83. The average molecular weight is 311 g/mol. The Balaban J connectivity index is 0.00000161. The van der Waals surface area contributed by atoms with Gasteiger partial charge >= 0.3 is 0 Å². The van der Waals surface area contributed by atoms with E-state index in [-0.39, 0.29) is 24.2 Å². The third-order valence-electron chi connectivity index (χ3n) is 4.11. The fourth-order valence-corrected chi connectivity index (χ4v) is 2.67. The summed E-state index contributed by atoms with van der Waals surface area (Å²) in [6.45, 7) is 4.40. The molecule has 2 fully saturated rings. The van der Waals surface area contributed by atoms with Crippen molar-refractivity contribution >= 4 is 24.1 Å². The van der Waals surface area contributed by atoms with Crippen LogP contribution in [-0.4, -0.2) is 37.1 Å². The topological polar surface area (TPSA) is 57.3 Å². The maximum Gasteiger partial charge on any atom is 0.225 e. The maximum absolute atomic E-state index is 11.8. The number of halogens is 1. The van der Waals surface area contributed by atoms with E-state index < -0.39 is 0 Å². The quantitative estimate of drug-likeness (QED) is 0.881. The third-order valence-corrected chi connectivity index (χ3v) is 4.11. The number of amides is 1. The molecule has 0 saturated carbocycles. The predicted octanol–water partition coefficient (Wildman–Crippen LogP) is 1.33. The molecule has 2 aliphatic rings. The standard InChI is InChI=1S/C15H22N4O.ClH/c20-15(13-10-16-11-13)18-9-12-4-5-17-14(8-12)19-6-2-1-3-7-19;/h4-5,8,13,16H,1-3,6-7,9-11H2,(H,18,20);1H. The van der Waals surface area contributed by atoms with Gasteiger partial charge in [-0.3, -0.25) is 4.79 Å². The lowest BCUT2D eigenvalue weighted by Crippen LogP contribution is -2.50. The van der Waals surface area contributed by atoms with Crippen LogP contribution in [0.5, 0.6) is 0 Å². The highest BCUT2D eigenvalue weighted by Crippen LogP contribution is 2.18. The van der Waals surface area contributed by atoms with Crippen molar-refractivity contribution in [3.63, 3.8) is 0 Å². The lowest BCUT2D eigenvalue weighted by atomic mass is 10.0. The predicted molar refractivity (Wildman–Crippen MR) is 85.8 cm³/mol. The lowest BCUT2D eigenvalue weighted by Gasteiger charge is -2.28. The molecule has 1 aromatic rings. The summed E-state index contributed by atoms with van der Waals surface area (Å²) in [4.78, 5) is 18.6. The minimum atomic E-state index is 0. The SMILES string of the molecule is Cl.O=C(NCc1ccnc(N2CCCCC2)c1)C1CNC1. The van der Waals surface area contributed by atoms with Crippen molar-refractivity contribution in [1.82, 2.24) is 15.6 Å². The van der Waals surface area contributed by atoms with Gasteiger partial charge in [0.15, 0.2) is 0 Å². The van der Waals surface area contributed by atoms with Gasteiger partial charge in [0.05, 0.1) is 5.92 Å². The fourth-order valence-electron chi connectivity index (χ4n) is 2.67. The molecule has 21 heavy (non-hydrogen) atoms. The summed E-state index contributed by atoms with van der Waals surface area (Å²) in [6, 6.07) is 4.08. The molecular formula is C15H23ClN4O. The minimum Gasteiger partial charge on any atom is -0.357 e. The van der Waals surface area contributed by atoms with E-state index >= 15 is 0 Å². The molecule has 5 nitrogen and oxygen atoms in total. The van der Waals surface area contributed by atoms with Crippen molar-refractivity contribution in [1.29, 1.82) is 0 Å². The van der Waals surface area contributed by atoms with Gasteiger partial charge in [0.2, 0.25) is 5.91 Å². The highest BCUT2D eigenvalue weighted by atomic mass is 35.5. The molecule has 116 valence electrons. The molecule has 0 aromatic carbocycles. The average Bonchev–Trinajstić information content (AvgIpc) is 2.45. The van der Waals surface area contributed by atoms with Gasteiger partial charge < -0.3 is 15.5 Å². The van der Waals surface area contributed by atoms with Gasteiger partial charge in [-0.25, -0.2) is 4.98 Å². The van der Waals surface area contributed by atoms with Crippen LogP contribution in [0, 0.1) is 5.92 Å². The van der Waals surface area contributed by atoms with Crippen molar-refractivity contribution in [3.8, 4) is 0 Å². The highest BCUT2D eigenvalue weighted by Gasteiger charge is 2.24. The fraction of sp³-hybridized carbons (Fsp3) is 0.600. The summed E-state index contributed by atoms with van der Waals surface area (Å²) < 4.78 is 0. The Hall–Kier alpha value is -1.33. The molecule has 0 atom stereocenters. The third kappa shape index (κ3) is 4.08. The van der Waals surface area contributed by atoms with Crippen molar-refractivity contribution in [2.24, 2.45) is 5.92 Å². The van der Waals surface area contributed by atoms with E-state index in [0.717, 1.165) is 37.6 Å². The second kappa shape index (κ2) is 7.61. The van der Waals surface area contributed by atoms with E-state index in [4.69, 9.17) is 0 Å². The minimum absolute atomic E-state index is 0. The van der Waals surface area contributed by atoms with Gasteiger partial charge in [0.1, 0.15) is 5.82 Å². The van der Waals surface area contributed by atoms with Crippen LogP contribution in [0.1, 0.15) is 24.8 Å². The van der Waals surface area contributed by atoms with Gasteiger partial charge in [-0.15, -0.1) is 12.4 Å². The van der Waals surface area contributed by atoms with Gasteiger partial charge in [-0.2, -0.15) is 0 Å². The zero-order valence-electron chi connectivity index (χ0n) is 12.2. The molecular weight excluding hydrogens is 288 g/mol. The number of pyridine rings is 1. The second-order valence-corrected chi connectivity index (χ2v) is 5.64. The lowest BCUT2D eigenvalue weighted by molar-refractivity contribution is -0.126. The van der Waals surface area contributed by atoms with Crippen LogP contribution >= 0.6 is 12.4 Å². The number of nitrogens with one attached hydrogen (secondary N) is 2. The van der Waals surface area contributed by atoms with Crippen LogP contribution in [0.25, 0.3) is 0 Å². The molecule has 2 N–H and O–H groups in total. The van der Waals surface area contributed by atoms with Crippen LogP contribution < -0.4 is 15.5 Å². The number of carbonyl (C=O) groups excluding carboxylic acids is 1. The van der Waals surface area contributed by atoms with Gasteiger partial charge in [-0.1, -0.05) is 0 Å². The second-order valence-electron chi connectivity index (χ2n) is 5.64. The van der Waals surface area contributed by atoms with Crippen LogP contribution in [-0.2, 0) is 11.3 Å². The normalized spacial score (nSPS) is 18.6. The van der Waals surface area contributed by atoms with E-state index in [1.165, 1.54) is 19.3 Å². The number of hydrogen-bond acceptors (Lipinski definition) is 4. The monoisotopic (exact) mass is 310 g/mol. The molecule has 0 bridgehead atoms. The maximum atomic E-state index is 11.8. The van der Waals surface area contributed by atoms with E-state index in [9.17, 15) is 4.79 Å². The van der Waals surface area contributed by atoms with Gasteiger partial charge in [0.25, 0.3) is 0 Å². The van der Waals surface area contributed by atoms with Crippen LogP contribution in [0.2, 0.25) is 0 Å². The number of piperidine rings is 1. The molecule has 2 aliphatic heterocycles. The van der Waals surface area contributed by atoms with E-state index in [1.54, 1.807) is 0 Å². The summed E-state index contributed by atoms with van der Waals surface area (Å²) in [5.74, 6) is 1.35. The molecule has 0 radical (unpaired) electrons. The van der Waals surface area contributed by atoms with Crippen molar-refractivity contribution in [3.05, 3.63) is 23.9 Å². The molecule has 2 saturated heterocycles. The number of hydrogen-bond donors (Lipinski definition) is 2. The summed E-state index contributed by atoms with van der Waals surface area (Å²) in [5.41, 5.74) is 1.13. The first-order valence-electron chi connectivity index (χ1n) is 7.51. The molecule has 6 heteroatoms. The van der Waals surface area contributed by atoms with Gasteiger partial charge in [0, 0.05) is 38.9 Å². The summed E-state index contributed by atoms with van der Waals surface area (Å²) >= 11 is 0. The van der Waals surface area contributed by atoms with Crippen molar-refractivity contribution in [2.45, 2.75) is 25.8 Å². The largest absolute Gasteiger partial charge is 0.357 e. The molecule has 0 aliphatic carbocycles. The highest BCUT2D eigenvalue weighted by molar-refractivity contribution is 5.85. The Kier molecular flexibility index (Phi) is 5.82. The Morgan fingerprint density at radius 3 is 2.76 bits per heavy atom. The number of nitrogens with zero attached hydrogens (tertiary/aromatic N) is 2. The van der Waals surface area contributed by atoms with Crippen LogP contribution in [0.4, 0.5) is 5.82 Å². The van der Waals surface area contributed by atoms with E-state index in [2.05, 4.69) is 26.6 Å². The Morgan fingerprint density at radius 2 is 2.10 bits per heavy atom. The summed E-state index contributed by atoms with van der Waals surface area (Å²) in [7, 11) is 0. The number of aromatic nitrogens is 1. The number of rotatable bonds is 4. The van der Waals surface area contributed by atoms with Crippen molar-refractivity contribution < 1.29 is 4.79 Å². The Morgan fingerprint density at radius 1 is 1.33 bits per heavy atom. The van der Waals surface area contributed by atoms with Crippen LogP contribution in [0.3, 0.4) is 0 Å². The molecule has 0 unspecified atom stereocenters. The first-order valence-corrected chi connectivity index (χ1v) is 7.51. The van der Waals surface area contributed by atoms with Crippen LogP contribution in [0.15, 0.2) is 18.3 Å². The first kappa shape index (κ1) is 16.0.